The van der Waals surface area contributed by atoms with E-state index in [1.165, 1.54) is 33.8 Å². The fourth-order valence-electron chi connectivity index (χ4n) is 8.31. The molecule has 10 atom stereocenters. The summed E-state index contributed by atoms with van der Waals surface area (Å²) in [5.41, 5.74) is 0.450. The molecule has 75 heavy (non-hydrogen) atoms. The van der Waals surface area contributed by atoms with Crippen molar-refractivity contribution < 1.29 is 58.4 Å². The van der Waals surface area contributed by atoms with Gasteiger partial charge >= 0.3 is 5.63 Å². The number of thioether (sulfide) groups is 1. The molecule has 3 aliphatic heterocycles. The summed E-state index contributed by atoms with van der Waals surface area (Å²) < 4.78 is 4.91. The van der Waals surface area contributed by atoms with Crippen molar-refractivity contribution in [3.63, 3.8) is 0 Å². The Morgan fingerprint density at radius 2 is 1.43 bits per heavy atom. The van der Waals surface area contributed by atoms with Gasteiger partial charge in [0.25, 0.3) is 0 Å². The number of carbonyl (C=O) groups is 7. The van der Waals surface area contributed by atoms with Gasteiger partial charge in [-0.05, 0) is 75.8 Å². The maximum absolute atomic E-state index is 14.3. The molecular formula is C51H59N9O13S2. The Balaban J connectivity index is 0.000000374. The monoisotopic (exact) mass is 1070 g/mol. The van der Waals surface area contributed by atoms with Crippen LogP contribution in [0.5, 0.6) is 0 Å². The maximum Gasteiger partial charge on any atom is 0.336 e. The van der Waals surface area contributed by atoms with Crippen LogP contribution in [-0.4, -0.2) is 156 Å². The first-order valence-corrected chi connectivity index (χ1v) is 25.2. The molecule has 5 heterocycles. The predicted octanol–water partition coefficient (Wildman–Crippen LogP) is 0.468. The predicted molar refractivity (Wildman–Crippen MR) is 279 cm³/mol. The van der Waals surface area contributed by atoms with Crippen LogP contribution in [-0.2, 0) is 40.0 Å². The molecule has 1 saturated heterocycles. The van der Waals surface area contributed by atoms with E-state index in [9.17, 15) is 58.8 Å². The number of nitrogens with zero attached hydrogens (tertiary/aromatic N) is 2. The van der Waals surface area contributed by atoms with Gasteiger partial charge in [-0.15, -0.1) is 11.8 Å². The molecular weight excluding hydrogens is 1010 g/mol. The lowest BCUT2D eigenvalue weighted by molar-refractivity contribution is -0.142. The number of isothiocyanates is 1. The summed E-state index contributed by atoms with van der Waals surface area (Å²) in [6, 6.07) is 17.2. The van der Waals surface area contributed by atoms with Gasteiger partial charge in [0, 0.05) is 53.9 Å². The van der Waals surface area contributed by atoms with Crippen LogP contribution in [0.1, 0.15) is 46.1 Å². The molecule has 10 unspecified atom stereocenters. The largest absolute Gasteiger partial charge is 0.423 e. The zero-order valence-electron chi connectivity index (χ0n) is 41.3. The smallest absolute Gasteiger partial charge is 0.336 e. The number of para-hydroxylation sites is 3. The lowest BCUT2D eigenvalue weighted by atomic mass is 9.96. The molecule has 2 aromatic heterocycles. The van der Waals surface area contributed by atoms with E-state index in [0.717, 1.165) is 27.7 Å². The van der Waals surface area contributed by atoms with Crippen LogP contribution in [0.3, 0.4) is 0 Å². The summed E-state index contributed by atoms with van der Waals surface area (Å²) in [4.78, 5) is 116. The Morgan fingerprint density at radius 3 is 2.12 bits per heavy atom. The number of hydrogen-bond donors (Lipinski definition) is 11. The molecule has 0 radical (unpaired) electrons. The van der Waals surface area contributed by atoms with Crippen LogP contribution >= 0.6 is 24.0 Å². The number of aromatic nitrogens is 1. The average Bonchev–Trinajstić information content (AvgIpc) is 3.95. The van der Waals surface area contributed by atoms with Crippen molar-refractivity contribution in [1.29, 1.82) is 0 Å². The molecule has 1 fully saturated rings. The number of H-pyrrole nitrogens is 1. The zero-order valence-corrected chi connectivity index (χ0v) is 42.9. The summed E-state index contributed by atoms with van der Waals surface area (Å²) in [7, 11) is 0. The highest BCUT2D eigenvalue weighted by molar-refractivity contribution is 7.99. The number of nitrogens with one attached hydrogen (secondary N) is 7. The Morgan fingerprint density at radius 1 is 0.787 bits per heavy atom. The van der Waals surface area contributed by atoms with Crippen LogP contribution in [0.25, 0.3) is 21.9 Å². The molecule has 3 aromatic carbocycles. The number of aliphatic hydroxyl groups excluding tert-OH is 3. The number of benzene rings is 3. The van der Waals surface area contributed by atoms with Gasteiger partial charge < -0.3 is 66.6 Å². The molecule has 11 N–H and O–H groups in total. The van der Waals surface area contributed by atoms with E-state index >= 15 is 0 Å². The number of carbonyl (C=O) groups excluding carboxylic acids is 7. The van der Waals surface area contributed by atoms with Crippen molar-refractivity contribution in [2.75, 3.05) is 18.9 Å². The Kier molecular flexibility index (Phi) is 19.6. The lowest BCUT2D eigenvalue weighted by Crippen LogP contribution is -2.61. The third-order valence-corrected chi connectivity index (χ3v) is 13.6. The standard InChI is InChI=1S/C35H48N8O11S.C9H6O2.C7H5NS/c1-15-27(47)38-22-10-20-19-7-5-6-8-21(19)41-33(20)55-13-24(34(53)43-12-18(46)9-25(43)31(51)37-15)40-32(52)26(17(3)45)42-28(48)16(2)36-30(50)23(39-29(22)49)11-35(4,54)14-44;10-9-6-5-7-3-1-2-4-8(7)11-9;9-6-8-7-4-2-1-3-5-7/h5-8,15-18,22-26,41,44-46,54H,9-14H2,1-4H3,(H,36,50)(H,37,51)(H,38,47)(H,39,49)(H,40,52)(H,42,48);1-6H;1-5H. The SMILES string of the molecule is CC1NC(=O)C(CC(C)(O)CO)NC(=O)C2Cc3c([nH]c4ccccc34)SCC(NC(=O)C(C(C)O)NC1=O)C(=O)N1CC(O)CC1C(=O)NC(C)C(=O)N2.O=c1ccc2ccccc2o1.S=C=Nc1ccccc1. The second-order valence-corrected chi connectivity index (χ2v) is 19.7. The molecule has 398 valence electrons. The van der Waals surface area contributed by atoms with Crippen LogP contribution in [0.4, 0.5) is 5.69 Å². The third kappa shape index (κ3) is 15.2. The maximum atomic E-state index is 14.3. The van der Waals surface area contributed by atoms with Gasteiger partial charge in [-0.1, -0.05) is 54.6 Å². The summed E-state index contributed by atoms with van der Waals surface area (Å²) in [6.07, 6.45) is -3.53. The van der Waals surface area contributed by atoms with E-state index < -0.39 is 114 Å². The van der Waals surface area contributed by atoms with Crippen LogP contribution < -0.4 is 37.5 Å². The van der Waals surface area contributed by atoms with Crippen LogP contribution in [0, 0.1) is 0 Å². The Hall–Kier alpha value is -7.31. The number of thiocarbonyl (C=S) groups is 1. The van der Waals surface area contributed by atoms with Crippen molar-refractivity contribution in [1.82, 2.24) is 41.8 Å². The van der Waals surface area contributed by atoms with E-state index in [-0.39, 0.29) is 30.8 Å². The van der Waals surface area contributed by atoms with E-state index in [4.69, 9.17) is 4.42 Å². The number of amides is 7. The summed E-state index contributed by atoms with van der Waals surface area (Å²) in [5, 5.41) is 61.3. The number of hydrogen-bond acceptors (Lipinski definition) is 16. The number of rotatable bonds is 5. The van der Waals surface area contributed by atoms with Crippen LogP contribution in [0.2, 0.25) is 0 Å². The van der Waals surface area contributed by atoms with Gasteiger partial charge in [-0.3, -0.25) is 33.6 Å². The molecule has 24 heteroatoms. The molecule has 3 aliphatic rings. The Bertz CT molecular complexity index is 3000. The molecule has 2 bridgehead atoms. The van der Waals surface area contributed by atoms with Crippen molar-refractivity contribution in [2.45, 2.75) is 112 Å². The van der Waals surface area contributed by atoms with Crippen LogP contribution in [0.15, 0.2) is 110 Å². The third-order valence-electron chi connectivity index (χ3n) is 12.3. The highest BCUT2D eigenvalue weighted by Gasteiger charge is 2.44. The summed E-state index contributed by atoms with van der Waals surface area (Å²) in [5.74, 6) is -6.26. The van der Waals surface area contributed by atoms with Gasteiger partial charge in [-0.25, -0.2) is 4.79 Å². The quantitative estimate of drug-likeness (QED) is 0.0648. The number of aliphatic hydroxyl groups is 4. The fourth-order valence-corrected chi connectivity index (χ4v) is 9.53. The molecule has 8 rings (SSSR count). The van der Waals surface area contributed by atoms with Gasteiger partial charge in [0.05, 0.1) is 40.3 Å². The molecule has 22 nitrogen and oxygen atoms in total. The highest BCUT2D eigenvalue weighted by Crippen LogP contribution is 2.32. The van der Waals surface area contributed by atoms with E-state index in [1.54, 1.807) is 36.4 Å². The molecule has 0 spiro atoms. The fraction of sp³-hybridized carbons (Fsp3) is 0.392. The molecule has 5 aromatic rings. The second-order valence-electron chi connectivity index (χ2n) is 18.5. The lowest BCUT2D eigenvalue weighted by Gasteiger charge is -2.31. The van der Waals surface area contributed by atoms with E-state index in [1.807, 2.05) is 48.5 Å². The average molecular weight is 1070 g/mol. The van der Waals surface area contributed by atoms with E-state index in [0.29, 0.717) is 27.1 Å². The minimum absolute atomic E-state index is 0.170. The number of aliphatic imine (C=N–C) groups is 1. The van der Waals surface area contributed by atoms with Crippen molar-refractivity contribution in [2.24, 2.45) is 4.99 Å². The number of aromatic amines is 1. The first-order chi connectivity index (χ1) is 35.7. The Labute approximate surface area is 439 Å². The van der Waals surface area contributed by atoms with Gasteiger partial charge in [-0.2, -0.15) is 4.99 Å². The van der Waals surface area contributed by atoms with Gasteiger partial charge in [0.2, 0.25) is 41.4 Å². The highest BCUT2D eigenvalue weighted by atomic mass is 32.2. The first kappa shape index (κ1) is 57.0. The number of fused-ring (bicyclic) bond motifs is 6. The van der Waals surface area contributed by atoms with Crippen molar-refractivity contribution >= 4 is 98.1 Å². The minimum atomic E-state index is -1.90. The van der Waals surface area contributed by atoms with Crippen molar-refractivity contribution in [3.05, 3.63) is 107 Å². The zero-order chi connectivity index (χ0) is 54.6. The molecule has 0 saturated carbocycles. The molecule has 0 aliphatic carbocycles. The van der Waals surface area contributed by atoms with Gasteiger partial charge in [0.1, 0.15) is 47.9 Å². The van der Waals surface area contributed by atoms with Crippen molar-refractivity contribution in [3.8, 4) is 0 Å². The van der Waals surface area contributed by atoms with Gasteiger partial charge in [0.15, 0.2) is 0 Å². The summed E-state index contributed by atoms with van der Waals surface area (Å²) in [6.45, 7) is 4.02. The normalized spacial score (nSPS) is 25.0. The summed E-state index contributed by atoms with van der Waals surface area (Å²) >= 11 is 5.50. The van der Waals surface area contributed by atoms with E-state index in [2.05, 4.69) is 59.3 Å². The topological polar surface area (TPSA) is 334 Å². The second kappa shape index (κ2) is 25.8. The molecule has 7 amide bonds. The minimum Gasteiger partial charge on any atom is -0.423 e. The first-order valence-electron chi connectivity index (χ1n) is 23.8.